The van der Waals surface area contributed by atoms with E-state index < -0.39 is 0 Å². The first-order valence-corrected chi connectivity index (χ1v) is 8.00. The summed E-state index contributed by atoms with van der Waals surface area (Å²) in [5.74, 6) is 0. The summed E-state index contributed by atoms with van der Waals surface area (Å²) in [6.45, 7) is 0. The number of imidazole rings is 1. The van der Waals surface area contributed by atoms with Gasteiger partial charge in [-0.1, -0.05) is 54.6 Å². The molecule has 0 fully saturated rings. The van der Waals surface area contributed by atoms with E-state index in [0.29, 0.717) is 0 Å². The molecule has 0 spiro atoms. The van der Waals surface area contributed by atoms with Crippen molar-refractivity contribution in [2.24, 2.45) is 0 Å². The molecule has 0 amide bonds. The van der Waals surface area contributed by atoms with Crippen LogP contribution in [-0.4, -0.2) is 9.55 Å². The lowest BCUT2D eigenvalue weighted by Crippen LogP contribution is -1.95. The van der Waals surface area contributed by atoms with Gasteiger partial charge in [-0.2, -0.15) is 0 Å². The standard InChI is InChI=1S/C19H11BrN2/c20-19-21-16-10-5-9-15-13-7-2-1-6-12(13)14-8-3-4-11-17(14)22(19)18(15)16/h1-11H. The van der Waals surface area contributed by atoms with Crippen LogP contribution in [0.25, 0.3) is 39.0 Å². The summed E-state index contributed by atoms with van der Waals surface area (Å²) in [4.78, 5) is 4.68. The Bertz CT molecular complexity index is 1050. The molecule has 0 radical (unpaired) electrons. The molecule has 0 bridgehead atoms. The van der Waals surface area contributed by atoms with Crippen LogP contribution < -0.4 is 0 Å². The maximum absolute atomic E-state index is 4.68. The fourth-order valence-corrected chi connectivity index (χ4v) is 3.94. The topological polar surface area (TPSA) is 17.8 Å². The Balaban J connectivity index is 2.11. The Hall–Kier alpha value is -2.39. The van der Waals surface area contributed by atoms with E-state index in [2.05, 4.69) is 92.2 Å². The van der Waals surface area contributed by atoms with Gasteiger partial charge < -0.3 is 0 Å². The zero-order valence-corrected chi connectivity index (χ0v) is 13.2. The number of hydrogen-bond donors (Lipinski definition) is 0. The normalized spacial score (nSPS) is 11.9. The molecular weight excluding hydrogens is 336 g/mol. The highest BCUT2D eigenvalue weighted by molar-refractivity contribution is 9.10. The Morgan fingerprint density at radius 1 is 0.682 bits per heavy atom. The maximum Gasteiger partial charge on any atom is 0.182 e. The molecule has 0 saturated carbocycles. The molecule has 1 aromatic heterocycles. The molecule has 0 N–H and O–H groups in total. The lowest BCUT2D eigenvalue weighted by molar-refractivity contribution is 1.05. The van der Waals surface area contributed by atoms with Crippen molar-refractivity contribution in [2.75, 3.05) is 0 Å². The average molecular weight is 347 g/mol. The quantitative estimate of drug-likeness (QED) is 0.365. The van der Waals surface area contributed by atoms with Crippen molar-refractivity contribution >= 4 is 27.0 Å². The van der Waals surface area contributed by atoms with E-state index in [1.807, 2.05) is 0 Å². The van der Waals surface area contributed by atoms with Crippen molar-refractivity contribution in [3.05, 3.63) is 71.5 Å². The molecule has 0 atom stereocenters. The summed E-state index contributed by atoms with van der Waals surface area (Å²) in [7, 11) is 0. The monoisotopic (exact) mass is 346 g/mol. The number of halogens is 1. The molecule has 2 nitrogen and oxygen atoms in total. The maximum atomic E-state index is 4.68. The number of hydrogen-bond acceptors (Lipinski definition) is 1. The lowest BCUT2D eigenvalue weighted by atomic mass is 9.94. The van der Waals surface area contributed by atoms with Crippen LogP contribution in [0.5, 0.6) is 0 Å². The Morgan fingerprint density at radius 3 is 2.14 bits per heavy atom. The third kappa shape index (κ3) is 1.46. The summed E-state index contributed by atoms with van der Waals surface area (Å²) in [6, 6.07) is 23.4. The van der Waals surface area contributed by atoms with Gasteiger partial charge in [-0.25, -0.2) is 4.98 Å². The van der Waals surface area contributed by atoms with Crippen LogP contribution in [0.3, 0.4) is 0 Å². The fourth-order valence-electron chi connectivity index (χ4n) is 3.38. The van der Waals surface area contributed by atoms with Crippen molar-refractivity contribution in [3.63, 3.8) is 0 Å². The second-order valence-electron chi connectivity index (χ2n) is 5.45. The van der Waals surface area contributed by atoms with Gasteiger partial charge in [0, 0.05) is 11.1 Å². The largest absolute Gasteiger partial charge is 0.286 e. The second-order valence-corrected chi connectivity index (χ2v) is 6.16. The number of rotatable bonds is 0. The number of nitrogens with zero attached hydrogens (tertiary/aromatic N) is 2. The minimum absolute atomic E-state index is 0.843. The van der Waals surface area contributed by atoms with Crippen LogP contribution in [0.1, 0.15) is 0 Å². The van der Waals surface area contributed by atoms with Crippen molar-refractivity contribution in [1.29, 1.82) is 0 Å². The van der Waals surface area contributed by atoms with E-state index >= 15 is 0 Å². The van der Waals surface area contributed by atoms with Crippen LogP contribution in [0, 0.1) is 0 Å². The Morgan fingerprint density at radius 2 is 1.32 bits per heavy atom. The molecule has 1 aliphatic heterocycles. The van der Waals surface area contributed by atoms with Gasteiger partial charge in [0.25, 0.3) is 0 Å². The molecule has 3 heteroatoms. The minimum Gasteiger partial charge on any atom is -0.286 e. The Labute approximate surface area is 136 Å². The molecule has 104 valence electrons. The highest BCUT2D eigenvalue weighted by Gasteiger charge is 2.23. The molecule has 2 heterocycles. The van der Waals surface area contributed by atoms with Gasteiger partial charge in [-0.3, -0.25) is 4.57 Å². The third-order valence-corrected chi connectivity index (χ3v) is 4.82. The summed E-state index contributed by atoms with van der Waals surface area (Å²) >= 11 is 3.64. The smallest absolute Gasteiger partial charge is 0.182 e. The van der Waals surface area contributed by atoms with Gasteiger partial charge in [0.05, 0.1) is 16.7 Å². The predicted octanol–water partition coefficient (Wildman–Crippen LogP) is 5.44. The van der Waals surface area contributed by atoms with Crippen LogP contribution in [0.15, 0.2) is 71.5 Å². The lowest BCUT2D eigenvalue weighted by Gasteiger charge is -2.10. The van der Waals surface area contributed by atoms with Crippen LogP contribution in [-0.2, 0) is 0 Å². The van der Waals surface area contributed by atoms with Crippen molar-refractivity contribution in [3.8, 4) is 27.9 Å². The third-order valence-electron chi connectivity index (χ3n) is 4.29. The SMILES string of the molecule is Brc1nc2cccc3c2n1-c1ccccc1-c1ccccc1-3. The molecule has 22 heavy (non-hydrogen) atoms. The van der Waals surface area contributed by atoms with Crippen molar-refractivity contribution in [2.45, 2.75) is 0 Å². The first kappa shape index (κ1) is 12.2. The summed E-state index contributed by atoms with van der Waals surface area (Å²) in [5.41, 5.74) is 8.31. The molecule has 0 unspecified atom stereocenters. The summed E-state index contributed by atoms with van der Waals surface area (Å²) in [6.07, 6.45) is 0. The average Bonchev–Trinajstić information content (AvgIpc) is 2.83. The van der Waals surface area contributed by atoms with Crippen molar-refractivity contribution in [1.82, 2.24) is 9.55 Å². The number of aromatic nitrogens is 2. The van der Waals surface area contributed by atoms with E-state index in [1.54, 1.807) is 0 Å². The van der Waals surface area contributed by atoms with Crippen molar-refractivity contribution < 1.29 is 0 Å². The van der Waals surface area contributed by atoms with E-state index in [4.69, 9.17) is 0 Å². The predicted molar refractivity (Wildman–Crippen MR) is 93.2 cm³/mol. The Kier molecular flexibility index (Phi) is 2.38. The summed E-state index contributed by atoms with van der Waals surface area (Å²) in [5, 5.41) is 0. The van der Waals surface area contributed by atoms with E-state index in [9.17, 15) is 0 Å². The van der Waals surface area contributed by atoms with Gasteiger partial charge in [0.1, 0.15) is 0 Å². The first-order valence-electron chi connectivity index (χ1n) is 7.21. The molecule has 4 aromatic rings. The van der Waals surface area contributed by atoms with Crippen LogP contribution in [0.4, 0.5) is 0 Å². The zero-order valence-electron chi connectivity index (χ0n) is 11.6. The van der Waals surface area contributed by atoms with Gasteiger partial charge in [-0.05, 0) is 39.2 Å². The fraction of sp³-hybridized carbons (Fsp3) is 0. The number of benzene rings is 3. The van der Waals surface area contributed by atoms with Crippen LogP contribution >= 0.6 is 15.9 Å². The van der Waals surface area contributed by atoms with E-state index in [-0.39, 0.29) is 0 Å². The zero-order chi connectivity index (χ0) is 14.7. The first-order chi connectivity index (χ1) is 10.8. The van der Waals surface area contributed by atoms with Gasteiger partial charge in [0.15, 0.2) is 4.73 Å². The van der Waals surface area contributed by atoms with Gasteiger partial charge >= 0.3 is 0 Å². The molecular formula is C19H11BrN2. The second kappa shape index (κ2) is 4.31. The number of fused-ring (bicyclic) bond motifs is 5. The van der Waals surface area contributed by atoms with Crippen LogP contribution in [0.2, 0.25) is 0 Å². The van der Waals surface area contributed by atoms with Gasteiger partial charge in [0.2, 0.25) is 0 Å². The van der Waals surface area contributed by atoms with E-state index in [0.717, 1.165) is 21.5 Å². The highest BCUT2D eigenvalue weighted by atomic mass is 79.9. The molecule has 5 rings (SSSR count). The summed E-state index contributed by atoms with van der Waals surface area (Å²) < 4.78 is 3.05. The highest BCUT2D eigenvalue weighted by Crippen LogP contribution is 2.43. The molecule has 1 aliphatic rings. The van der Waals surface area contributed by atoms with Gasteiger partial charge in [-0.15, -0.1) is 0 Å². The molecule has 0 aliphatic carbocycles. The number of para-hydroxylation sites is 2. The molecule has 0 saturated heterocycles. The molecule has 3 aromatic carbocycles. The minimum atomic E-state index is 0.843. The van der Waals surface area contributed by atoms with E-state index in [1.165, 1.54) is 22.3 Å².